The molecule has 0 saturated carbocycles. The Labute approximate surface area is 139 Å². The number of rotatable bonds is 3. The lowest BCUT2D eigenvalue weighted by atomic mass is 10.2. The molecule has 2 aromatic rings. The molecule has 1 saturated heterocycles. The van der Waals surface area contributed by atoms with Gasteiger partial charge in [0.05, 0.1) is 10.8 Å². The molecule has 1 aliphatic rings. The van der Waals surface area contributed by atoms with Gasteiger partial charge < -0.3 is 5.32 Å². The zero-order valence-corrected chi connectivity index (χ0v) is 13.6. The van der Waals surface area contributed by atoms with Crippen LogP contribution in [-0.2, 0) is 4.79 Å². The number of aryl methyl sites for hydroxylation is 1. The van der Waals surface area contributed by atoms with Gasteiger partial charge in [-0.2, -0.15) is 0 Å². The molecule has 5 heteroatoms. The second-order valence-electron chi connectivity index (χ2n) is 5.00. The Morgan fingerprint density at radius 2 is 1.82 bits per heavy atom. The average molecular weight is 331 g/mol. The van der Waals surface area contributed by atoms with E-state index < -0.39 is 0 Å². The highest BCUT2D eigenvalue weighted by atomic mass is 35.5. The zero-order chi connectivity index (χ0) is 15.5. The van der Waals surface area contributed by atoms with Crippen LogP contribution in [0.25, 0.3) is 0 Å². The molecule has 1 amide bonds. The predicted molar refractivity (Wildman–Crippen MR) is 94.3 cm³/mol. The number of nitrogens with one attached hydrogen (secondary N) is 1. The fraction of sp³-hybridized carbons (Fsp3) is 0.118. The molecule has 1 heterocycles. The van der Waals surface area contributed by atoms with Crippen molar-refractivity contribution in [3.8, 4) is 0 Å². The molecular weight excluding hydrogens is 316 g/mol. The maximum atomic E-state index is 12.4. The molecule has 112 valence electrons. The van der Waals surface area contributed by atoms with Crippen LogP contribution in [0.3, 0.4) is 0 Å². The van der Waals surface area contributed by atoms with Crippen molar-refractivity contribution in [3.05, 3.63) is 70.2 Å². The summed E-state index contributed by atoms with van der Waals surface area (Å²) in [6, 6.07) is 15.4. The number of carbonyl (C=O) groups is 1. The number of nitrogens with zero attached hydrogens (tertiary/aromatic N) is 1. The molecule has 1 fully saturated rings. The Hall–Kier alpha value is -1.91. The first-order chi connectivity index (χ1) is 10.6. The fourth-order valence-electron chi connectivity index (χ4n) is 2.10. The van der Waals surface area contributed by atoms with Gasteiger partial charge in [0.1, 0.15) is 0 Å². The van der Waals surface area contributed by atoms with E-state index in [1.807, 2.05) is 55.5 Å². The van der Waals surface area contributed by atoms with E-state index in [4.69, 9.17) is 11.6 Å². The monoisotopic (exact) mass is 330 g/mol. The molecule has 0 atom stereocenters. The van der Waals surface area contributed by atoms with Crippen molar-refractivity contribution in [1.82, 2.24) is 0 Å². The number of carbonyl (C=O) groups excluding carboxylic acids is 1. The van der Waals surface area contributed by atoms with Crippen molar-refractivity contribution in [3.63, 3.8) is 0 Å². The summed E-state index contributed by atoms with van der Waals surface area (Å²) >= 11 is 7.38. The van der Waals surface area contributed by atoms with Crippen LogP contribution in [0.4, 0.5) is 11.4 Å². The standard InChI is InChI=1S/C17H15ClN2OS/c1-12-2-8-15(9-3-12)20-11-22-16(17(20)21)10-19-14-6-4-13(18)5-7-14/h2-10,19H,11H2,1H3/b16-10+. The third kappa shape index (κ3) is 3.29. The number of hydrogen-bond acceptors (Lipinski definition) is 3. The predicted octanol–water partition coefficient (Wildman–Crippen LogP) is 4.64. The van der Waals surface area contributed by atoms with Gasteiger partial charge in [-0.15, -0.1) is 0 Å². The number of hydrogen-bond donors (Lipinski definition) is 1. The van der Waals surface area contributed by atoms with Crippen molar-refractivity contribution in [2.24, 2.45) is 0 Å². The summed E-state index contributed by atoms with van der Waals surface area (Å²) < 4.78 is 0. The lowest BCUT2D eigenvalue weighted by molar-refractivity contribution is -0.114. The van der Waals surface area contributed by atoms with Gasteiger partial charge in [-0.3, -0.25) is 9.69 Å². The van der Waals surface area contributed by atoms with Gasteiger partial charge >= 0.3 is 0 Å². The Kier molecular flexibility index (Phi) is 4.41. The lowest BCUT2D eigenvalue weighted by Gasteiger charge is -2.14. The minimum Gasteiger partial charge on any atom is -0.360 e. The van der Waals surface area contributed by atoms with E-state index in [0.29, 0.717) is 15.8 Å². The van der Waals surface area contributed by atoms with Gasteiger partial charge in [-0.25, -0.2) is 0 Å². The van der Waals surface area contributed by atoms with Crippen LogP contribution in [0.15, 0.2) is 59.6 Å². The van der Waals surface area contributed by atoms with E-state index >= 15 is 0 Å². The zero-order valence-electron chi connectivity index (χ0n) is 12.0. The molecule has 0 bridgehead atoms. The van der Waals surface area contributed by atoms with E-state index in [9.17, 15) is 4.79 Å². The van der Waals surface area contributed by atoms with E-state index in [-0.39, 0.29) is 5.91 Å². The summed E-state index contributed by atoms with van der Waals surface area (Å²) in [4.78, 5) is 14.9. The first-order valence-corrected chi connectivity index (χ1v) is 8.23. The largest absolute Gasteiger partial charge is 0.360 e. The van der Waals surface area contributed by atoms with Gasteiger partial charge in [0, 0.05) is 22.6 Å². The van der Waals surface area contributed by atoms with Crippen LogP contribution in [0.1, 0.15) is 5.56 Å². The summed E-state index contributed by atoms with van der Waals surface area (Å²) in [6.45, 7) is 2.03. The smallest absolute Gasteiger partial charge is 0.266 e. The van der Waals surface area contributed by atoms with Gasteiger partial charge in [-0.1, -0.05) is 41.1 Å². The quantitative estimate of drug-likeness (QED) is 0.832. The van der Waals surface area contributed by atoms with Crippen LogP contribution in [0.5, 0.6) is 0 Å². The van der Waals surface area contributed by atoms with Crippen LogP contribution in [0.2, 0.25) is 5.02 Å². The van der Waals surface area contributed by atoms with Crippen molar-refractivity contribution < 1.29 is 4.79 Å². The summed E-state index contributed by atoms with van der Waals surface area (Å²) in [7, 11) is 0. The Morgan fingerprint density at radius 1 is 1.14 bits per heavy atom. The van der Waals surface area contributed by atoms with E-state index in [2.05, 4.69) is 5.32 Å². The summed E-state index contributed by atoms with van der Waals surface area (Å²) in [5.41, 5.74) is 3.01. The number of benzene rings is 2. The molecule has 0 unspecified atom stereocenters. The molecule has 3 rings (SSSR count). The number of amides is 1. The second kappa shape index (κ2) is 6.46. The SMILES string of the molecule is Cc1ccc(N2CS/C(=C/Nc3ccc(Cl)cc3)C2=O)cc1. The lowest BCUT2D eigenvalue weighted by Crippen LogP contribution is -2.24. The minimum absolute atomic E-state index is 0.0234. The van der Waals surface area contributed by atoms with Crippen molar-refractivity contribution >= 4 is 40.6 Å². The van der Waals surface area contributed by atoms with Crippen LogP contribution < -0.4 is 10.2 Å². The molecule has 2 aromatic carbocycles. The van der Waals surface area contributed by atoms with Gasteiger partial charge in [0.2, 0.25) is 0 Å². The van der Waals surface area contributed by atoms with Crippen molar-refractivity contribution in [2.45, 2.75) is 6.92 Å². The highest BCUT2D eigenvalue weighted by Gasteiger charge is 2.27. The summed E-state index contributed by atoms with van der Waals surface area (Å²) in [5, 5.41) is 3.83. The maximum absolute atomic E-state index is 12.4. The first-order valence-electron chi connectivity index (χ1n) is 6.87. The minimum atomic E-state index is 0.0234. The van der Waals surface area contributed by atoms with Gasteiger partial charge in [0.25, 0.3) is 5.91 Å². The molecule has 1 aliphatic heterocycles. The third-order valence-electron chi connectivity index (χ3n) is 3.36. The van der Waals surface area contributed by atoms with Crippen molar-refractivity contribution in [1.29, 1.82) is 0 Å². The maximum Gasteiger partial charge on any atom is 0.266 e. The van der Waals surface area contributed by atoms with Crippen LogP contribution in [-0.4, -0.2) is 11.8 Å². The van der Waals surface area contributed by atoms with Gasteiger partial charge in [0.15, 0.2) is 0 Å². The summed E-state index contributed by atoms with van der Waals surface area (Å²) in [5.74, 6) is 0.658. The molecule has 0 aromatic heterocycles. The molecule has 1 N–H and O–H groups in total. The fourth-order valence-corrected chi connectivity index (χ4v) is 3.14. The number of anilines is 2. The first kappa shape index (κ1) is 15.0. The normalized spacial score (nSPS) is 16.4. The number of halogens is 1. The number of thioether (sulfide) groups is 1. The second-order valence-corrected chi connectivity index (χ2v) is 6.43. The topological polar surface area (TPSA) is 32.3 Å². The molecular formula is C17H15ClN2OS. The summed E-state index contributed by atoms with van der Waals surface area (Å²) in [6.07, 6.45) is 1.75. The molecule has 0 spiro atoms. The van der Waals surface area contributed by atoms with Crippen LogP contribution in [0, 0.1) is 6.92 Å². The van der Waals surface area contributed by atoms with Crippen molar-refractivity contribution in [2.75, 3.05) is 16.1 Å². The molecule has 3 nitrogen and oxygen atoms in total. The van der Waals surface area contributed by atoms with E-state index in [1.165, 1.54) is 17.3 Å². The average Bonchev–Trinajstić information content (AvgIpc) is 2.89. The Bertz CT molecular complexity index is 710. The van der Waals surface area contributed by atoms with Gasteiger partial charge in [-0.05, 0) is 43.3 Å². The molecule has 0 aliphatic carbocycles. The van der Waals surface area contributed by atoms with Crippen LogP contribution >= 0.6 is 23.4 Å². The Morgan fingerprint density at radius 3 is 2.50 bits per heavy atom. The van der Waals surface area contributed by atoms with E-state index in [1.54, 1.807) is 11.1 Å². The Balaban J connectivity index is 1.71. The highest BCUT2D eigenvalue weighted by Crippen LogP contribution is 2.32. The molecule has 0 radical (unpaired) electrons. The highest BCUT2D eigenvalue weighted by molar-refractivity contribution is 8.04. The van der Waals surface area contributed by atoms with E-state index in [0.717, 1.165) is 11.4 Å². The third-order valence-corrected chi connectivity index (χ3v) is 4.61. The molecule has 22 heavy (non-hydrogen) atoms.